The molecule has 0 spiro atoms. The quantitative estimate of drug-likeness (QED) is 0.295. The number of nitrogens with two attached hydrogens (primary N) is 1. The van der Waals surface area contributed by atoms with Crippen LogP contribution in [0.25, 0.3) is 27.9 Å². The number of nitrogen functional groups attached to an aromatic ring is 1. The number of nitrogens with zero attached hydrogens (tertiary/aromatic N) is 4. The van der Waals surface area contributed by atoms with Crippen molar-refractivity contribution < 1.29 is 23.4 Å². The number of aromatic hydroxyl groups is 1. The lowest BCUT2D eigenvalue weighted by atomic mass is 9.83. The van der Waals surface area contributed by atoms with E-state index in [1.165, 1.54) is 30.6 Å². The van der Waals surface area contributed by atoms with E-state index in [0.717, 1.165) is 12.4 Å². The van der Waals surface area contributed by atoms with Crippen LogP contribution in [-0.4, -0.2) is 31.1 Å². The first-order chi connectivity index (χ1) is 18.9. The third-order valence-corrected chi connectivity index (χ3v) is 6.81. The number of phenols is 1. The molecule has 5 aromatic rings. The molecule has 0 aliphatic carbocycles. The molecule has 2 aromatic heterocycles. The molecule has 0 bridgehead atoms. The third kappa shape index (κ3) is 3.97. The van der Waals surface area contributed by atoms with Gasteiger partial charge in [0.2, 0.25) is 0 Å². The first-order valence-corrected chi connectivity index (χ1v) is 12.1. The molecule has 1 aliphatic rings. The Morgan fingerprint density at radius 1 is 1.05 bits per heavy atom. The van der Waals surface area contributed by atoms with E-state index >= 15 is 0 Å². The van der Waals surface area contributed by atoms with Crippen LogP contribution in [0.2, 0.25) is 0 Å². The van der Waals surface area contributed by atoms with E-state index in [0.29, 0.717) is 50.5 Å². The predicted octanol–water partition coefficient (Wildman–Crippen LogP) is 5.41. The first-order valence-electron chi connectivity index (χ1n) is 12.1. The van der Waals surface area contributed by atoms with Gasteiger partial charge >= 0.3 is 0 Å². The molecule has 0 amide bonds. The molecule has 2 atom stereocenters. The zero-order valence-corrected chi connectivity index (χ0v) is 20.5. The van der Waals surface area contributed by atoms with Crippen molar-refractivity contribution in [1.82, 2.24) is 19.7 Å². The molecule has 0 radical (unpaired) electrons. The highest BCUT2D eigenvalue weighted by molar-refractivity contribution is 5.98. The minimum atomic E-state index is -0.823. The maximum absolute atomic E-state index is 14.4. The number of hydrogen-bond acceptors (Lipinski definition) is 7. The molecule has 6 rings (SSSR count). The first kappa shape index (κ1) is 24.2. The van der Waals surface area contributed by atoms with Gasteiger partial charge < -0.3 is 20.4 Å². The number of hydrogen-bond donors (Lipinski definition) is 2. The number of anilines is 1. The molecule has 0 saturated carbocycles. The molecule has 39 heavy (non-hydrogen) atoms. The minimum Gasteiger partial charge on any atom is -0.505 e. The van der Waals surface area contributed by atoms with Gasteiger partial charge in [0.15, 0.2) is 17.2 Å². The fourth-order valence-corrected chi connectivity index (χ4v) is 4.97. The summed E-state index contributed by atoms with van der Waals surface area (Å²) < 4.78 is 36.6. The number of para-hydroxylation sites is 1. The molecule has 10 heteroatoms. The summed E-state index contributed by atoms with van der Waals surface area (Å²) in [6.07, 6.45) is 2.09. The van der Waals surface area contributed by atoms with E-state index in [2.05, 4.69) is 9.97 Å². The number of fused-ring (bicyclic) bond motifs is 2. The average Bonchev–Trinajstić information content (AvgIpc) is 3.34. The smallest absolute Gasteiger partial charge is 0.165 e. The topological polar surface area (TPSA) is 116 Å². The number of ether oxygens (including phenoxy) is 1. The average molecular weight is 526 g/mol. The van der Waals surface area contributed by atoms with Crippen molar-refractivity contribution in [2.24, 2.45) is 0 Å². The Morgan fingerprint density at radius 2 is 1.87 bits per heavy atom. The van der Waals surface area contributed by atoms with E-state index in [4.69, 9.17) is 15.6 Å². The number of aromatic nitrogens is 4. The Bertz CT molecular complexity index is 1800. The van der Waals surface area contributed by atoms with Crippen molar-refractivity contribution in [3.05, 3.63) is 102 Å². The highest BCUT2D eigenvalue weighted by atomic mass is 19.1. The lowest BCUT2D eigenvalue weighted by Gasteiger charge is -2.31. The highest BCUT2D eigenvalue weighted by Gasteiger charge is 2.35. The van der Waals surface area contributed by atoms with E-state index in [9.17, 15) is 18.7 Å². The fraction of sp³-hybridized carbons (Fsp3) is 0.103. The van der Waals surface area contributed by atoms with Gasteiger partial charge in [-0.25, -0.2) is 23.4 Å². The van der Waals surface area contributed by atoms with Crippen LogP contribution in [0.4, 0.5) is 14.6 Å². The van der Waals surface area contributed by atoms with Crippen LogP contribution in [-0.2, 0) is 4.79 Å². The lowest BCUT2D eigenvalue weighted by molar-refractivity contribution is -0.108. The Kier molecular flexibility index (Phi) is 5.79. The molecular formula is C29H21F2N5O3. The van der Waals surface area contributed by atoms with Crippen LogP contribution in [0, 0.1) is 11.6 Å². The molecular weight excluding hydrogens is 504 g/mol. The number of carbonyl (C=O) groups excluding carboxylic acids is 1. The largest absolute Gasteiger partial charge is 0.505 e. The number of phenolic OH excluding ortho intramolecular Hbond substituents is 1. The maximum atomic E-state index is 14.4. The van der Waals surface area contributed by atoms with Gasteiger partial charge in [-0.05, 0) is 48.9 Å². The standard InChI is InChI=1S/C29H21F2N5O3/c1-15(36-29-25(28(32)33-14-34-29)26(35-36)17-9-10-22(38)21(31)12-17)27-24(16-5-4-6-18(30)11-16)20(13-37)19-7-2-3-8-23(19)39-27/h2-15,20,38H,1H3,(H2,32,33,34). The molecule has 1 aliphatic heterocycles. The minimum absolute atomic E-state index is 0.127. The van der Waals surface area contributed by atoms with Gasteiger partial charge in [-0.15, -0.1) is 0 Å². The zero-order chi connectivity index (χ0) is 27.3. The van der Waals surface area contributed by atoms with E-state index in [1.54, 1.807) is 48.0 Å². The number of benzene rings is 3. The molecule has 0 saturated heterocycles. The number of halogens is 2. The van der Waals surface area contributed by atoms with Gasteiger partial charge in [-0.3, -0.25) is 0 Å². The van der Waals surface area contributed by atoms with Crippen molar-refractivity contribution in [1.29, 1.82) is 0 Å². The molecule has 3 aromatic carbocycles. The highest BCUT2D eigenvalue weighted by Crippen LogP contribution is 2.46. The fourth-order valence-electron chi connectivity index (χ4n) is 4.97. The SMILES string of the molecule is CC(C1=C(c2cccc(F)c2)C(C=O)c2ccccc2O1)n1nc(-c2ccc(O)c(F)c2)c2c(N)ncnc21. The molecule has 194 valence electrons. The summed E-state index contributed by atoms with van der Waals surface area (Å²) >= 11 is 0. The lowest BCUT2D eigenvalue weighted by Crippen LogP contribution is -2.23. The number of allylic oxidation sites excluding steroid dienone is 2. The van der Waals surface area contributed by atoms with Crippen molar-refractivity contribution in [2.75, 3.05) is 5.73 Å². The van der Waals surface area contributed by atoms with E-state index in [1.807, 2.05) is 0 Å². The normalized spacial score (nSPS) is 15.6. The van der Waals surface area contributed by atoms with Crippen molar-refractivity contribution in [3.63, 3.8) is 0 Å². The van der Waals surface area contributed by atoms with E-state index in [-0.39, 0.29) is 5.82 Å². The Balaban J connectivity index is 1.60. The Labute approximate surface area is 221 Å². The number of aldehydes is 1. The summed E-state index contributed by atoms with van der Waals surface area (Å²) in [4.78, 5) is 21.0. The van der Waals surface area contributed by atoms with Crippen LogP contribution in [0.3, 0.4) is 0 Å². The van der Waals surface area contributed by atoms with Crippen molar-refractivity contribution in [2.45, 2.75) is 18.9 Å². The van der Waals surface area contributed by atoms with Crippen molar-refractivity contribution in [3.8, 4) is 22.8 Å². The predicted molar refractivity (Wildman–Crippen MR) is 141 cm³/mol. The molecule has 8 nitrogen and oxygen atoms in total. The monoisotopic (exact) mass is 525 g/mol. The summed E-state index contributed by atoms with van der Waals surface area (Å²) in [6.45, 7) is 1.80. The molecule has 3 N–H and O–H groups in total. The third-order valence-electron chi connectivity index (χ3n) is 6.81. The molecule has 3 heterocycles. The van der Waals surface area contributed by atoms with E-state index < -0.39 is 29.3 Å². The van der Waals surface area contributed by atoms with Gasteiger partial charge in [0.25, 0.3) is 0 Å². The summed E-state index contributed by atoms with van der Waals surface area (Å²) in [5.41, 5.74) is 8.82. The van der Waals surface area contributed by atoms with Crippen LogP contribution in [0.1, 0.15) is 30.0 Å². The Morgan fingerprint density at radius 3 is 2.64 bits per heavy atom. The van der Waals surface area contributed by atoms with Gasteiger partial charge in [0, 0.05) is 16.7 Å². The number of carbonyl (C=O) groups is 1. The van der Waals surface area contributed by atoms with Crippen LogP contribution < -0.4 is 10.5 Å². The number of rotatable bonds is 5. The second-order valence-electron chi connectivity index (χ2n) is 9.13. The second kappa shape index (κ2) is 9.32. The summed E-state index contributed by atoms with van der Waals surface area (Å²) in [7, 11) is 0. The Hall–Kier alpha value is -5.12. The maximum Gasteiger partial charge on any atom is 0.165 e. The molecule has 0 fully saturated rings. The summed E-state index contributed by atoms with van der Waals surface area (Å²) in [6, 6.07) is 16.3. The van der Waals surface area contributed by atoms with Gasteiger partial charge in [-0.1, -0.05) is 30.3 Å². The van der Waals surface area contributed by atoms with Gasteiger partial charge in [0.05, 0.1) is 11.3 Å². The zero-order valence-electron chi connectivity index (χ0n) is 20.5. The van der Waals surface area contributed by atoms with Gasteiger partial charge in [-0.2, -0.15) is 5.10 Å². The van der Waals surface area contributed by atoms with Crippen LogP contribution in [0.5, 0.6) is 11.5 Å². The summed E-state index contributed by atoms with van der Waals surface area (Å²) in [5.74, 6) is -1.54. The molecule has 2 unspecified atom stereocenters. The summed E-state index contributed by atoms with van der Waals surface area (Å²) in [5, 5.41) is 14.8. The van der Waals surface area contributed by atoms with Crippen LogP contribution >= 0.6 is 0 Å². The van der Waals surface area contributed by atoms with Crippen LogP contribution in [0.15, 0.2) is 78.8 Å². The van der Waals surface area contributed by atoms with Crippen molar-refractivity contribution >= 4 is 28.7 Å². The second-order valence-corrected chi connectivity index (χ2v) is 9.13. The van der Waals surface area contributed by atoms with Gasteiger partial charge in [0.1, 0.15) is 47.5 Å².